The molecule has 0 unspecified atom stereocenters. The second-order valence-corrected chi connectivity index (χ2v) is 12.6. The molecule has 3 aliphatic carbocycles. The van der Waals surface area contributed by atoms with Gasteiger partial charge in [0.15, 0.2) is 0 Å². The van der Waals surface area contributed by atoms with Crippen molar-refractivity contribution >= 4 is 5.97 Å². The molecule has 0 amide bonds. The summed E-state index contributed by atoms with van der Waals surface area (Å²) in [6, 6.07) is 0. The first-order chi connectivity index (χ1) is 17.4. The van der Waals surface area contributed by atoms with Crippen LogP contribution in [0.25, 0.3) is 0 Å². The fraction of sp³-hybridized carbons (Fsp3) is 0.719. The van der Waals surface area contributed by atoms with Gasteiger partial charge in [0, 0.05) is 6.42 Å². The van der Waals surface area contributed by atoms with Gasteiger partial charge in [-0.15, -0.1) is 0 Å². The zero-order chi connectivity index (χ0) is 27.4. The minimum absolute atomic E-state index is 0.189. The number of carbonyl (C=O) groups excluding carboxylic acids is 1. The van der Waals surface area contributed by atoms with Gasteiger partial charge >= 0.3 is 5.97 Å². The molecule has 7 atom stereocenters. The predicted molar refractivity (Wildman–Crippen MR) is 149 cm³/mol. The molecule has 0 aliphatic heterocycles. The number of unbranched alkanes of at least 4 members (excludes halogenated alkanes) is 1. The summed E-state index contributed by atoms with van der Waals surface area (Å²) in [6.45, 7) is 14.7. The fourth-order valence-corrected chi connectivity index (χ4v) is 6.88. The molecule has 5 nitrogen and oxygen atoms in total. The molecule has 0 radical (unpaired) electrons. The van der Waals surface area contributed by atoms with Gasteiger partial charge in [0.1, 0.15) is 0 Å². The number of aliphatic hydroxyl groups excluding tert-OH is 3. The van der Waals surface area contributed by atoms with E-state index in [1.165, 1.54) is 12.0 Å². The first kappa shape index (κ1) is 29.9. The Labute approximate surface area is 224 Å². The Morgan fingerprint density at radius 3 is 2.68 bits per heavy atom. The largest absolute Gasteiger partial charge is 0.465 e. The average Bonchev–Trinajstić information content (AvgIpc) is 3.21. The second-order valence-electron chi connectivity index (χ2n) is 12.6. The van der Waals surface area contributed by atoms with Crippen molar-refractivity contribution in [3.05, 3.63) is 47.6 Å². The fourth-order valence-electron chi connectivity index (χ4n) is 6.88. The van der Waals surface area contributed by atoms with Crippen LogP contribution < -0.4 is 0 Å². The van der Waals surface area contributed by atoms with E-state index in [0.29, 0.717) is 31.3 Å². The van der Waals surface area contributed by atoms with Crippen LogP contribution in [0.3, 0.4) is 0 Å². The van der Waals surface area contributed by atoms with Crippen molar-refractivity contribution in [1.82, 2.24) is 0 Å². The van der Waals surface area contributed by atoms with Crippen LogP contribution in [0.15, 0.2) is 47.6 Å². The van der Waals surface area contributed by atoms with Gasteiger partial charge in [0.25, 0.3) is 0 Å². The molecule has 3 fully saturated rings. The minimum atomic E-state index is -0.982. The SMILES string of the molecule is C=C1C(=CC=C2CCC[C@]3(C)[C@@H]([C@H](C)C=C[C@H](O)C(C)(C)C(=O)OCCCC)CC[C@@H]23)C[C@@H](O)C[C@@H]1O. The molecule has 0 aromatic rings. The highest BCUT2D eigenvalue weighted by molar-refractivity contribution is 5.77. The van der Waals surface area contributed by atoms with Crippen LogP contribution in [0.1, 0.15) is 92.4 Å². The van der Waals surface area contributed by atoms with E-state index in [2.05, 4.69) is 45.6 Å². The van der Waals surface area contributed by atoms with Gasteiger partial charge in [-0.2, -0.15) is 0 Å². The lowest BCUT2D eigenvalue weighted by Gasteiger charge is -2.44. The van der Waals surface area contributed by atoms with Gasteiger partial charge in [-0.1, -0.05) is 63.6 Å². The lowest BCUT2D eigenvalue weighted by Crippen LogP contribution is -2.38. The number of fused-ring (bicyclic) bond motifs is 1. The van der Waals surface area contributed by atoms with Gasteiger partial charge in [0.2, 0.25) is 0 Å². The Balaban J connectivity index is 1.69. The number of hydrogen-bond donors (Lipinski definition) is 3. The molecule has 0 bridgehead atoms. The van der Waals surface area contributed by atoms with Crippen LogP contribution in [0.4, 0.5) is 0 Å². The standard InChI is InChI=1S/C32H50O5/c1-7-8-18-37-30(36)31(4,5)29(35)16-11-21(2)26-14-15-27-23(10-9-17-32(26,27)6)12-13-24-19-25(33)20-28(34)22(24)3/h11-13,16,21,25-29,33-35H,3,7-10,14-15,17-20H2,1-2,4-6H3/t21-,25-,26-,27+,28+,29+,32-/m1/s1. The quantitative estimate of drug-likeness (QED) is 0.198. The number of rotatable bonds is 9. The smallest absolute Gasteiger partial charge is 0.314 e. The van der Waals surface area contributed by atoms with Gasteiger partial charge in [0.05, 0.1) is 30.3 Å². The number of allylic oxidation sites excluding steroid dienone is 4. The molecule has 0 saturated heterocycles. The molecule has 0 spiro atoms. The third-order valence-corrected chi connectivity index (χ3v) is 9.53. The maximum atomic E-state index is 12.5. The Hall–Kier alpha value is -1.69. The topological polar surface area (TPSA) is 87.0 Å². The van der Waals surface area contributed by atoms with E-state index in [1.54, 1.807) is 19.9 Å². The Bertz CT molecular complexity index is 912. The molecular weight excluding hydrogens is 464 g/mol. The van der Waals surface area contributed by atoms with Gasteiger partial charge in [-0.3, -0.25) is 4.79 Å². The zero-order valence-corrected chi connectivity index (χ0v) is 23.7. The van der Waals surface area contributed by atoms with Crippen LogP contribution in [-0.2, 0) is 9.53 Å². The highest BCUT2D eigenvalue weighted by Gasteiger charge is 2.50. The summed E-state index contributed by atoms with van der Waals surface area (Å²) in [5.41, 5.74) is 2.37. The van der Waals surface area contributed by atoms with E-state index in [9.17, 15) is 20.1 Å². The van der Waals surface area contributed by atoms with Crippen molar-refractivity contribution in [2.75, 3.05) is 6.61 Å². The molecule has 208 valence electrons. The van der Waals surface area contributed by atoms with Crippen LogP contribution in [-0.4, -0.2) is 46.2 Å². The second kappa shape index (κ2) is 12.4. The van der Waals surface area contributed by atoms with Crippen LogP contribution >= 0.6 is 0 Å². The molecule has 0 aromatic carbocycles. The summed E-state index contributed by atoms with van der Waals surface area (Å²) in [6.07, 6.45) is 14.6. The number of hydrogen-bond acceptors (Lipinski definition) is 5. The number of aliphatic hydroxyl groups is 3. The molecular formula is C32H50O5. The summed E-state index contributed by atoms with van der Waals surface area (Å²) in [5, 5.41) is 31.1. The first-order valence-corrected chi connectivity index (χ1v) is 14.4. The summed E-state index contributed by atoms with van der Waals surface area (Å²) >= 11 is 0. The summed E-state index contributed by atoms with van der Waals surface area (Å²) in [4.78, 5) is 12.5. The van der Waals surface area contributed by atoms with E-state index in [0.717, 1.165) is 49.7 Å². The number of carbonyl (C=O) groups is 1. The maximum absolute atomic E-state index is 12.5. The van der Waals surface area contributed by atoms with Crippen LogP contribution in [0, 0.1) is 28.6 Å². The van der Waals surface area contributed by atoms with E-state index in [-0.39, 0.29) is 17.3 Å². The van der Waals surface area contributed by atoms with Crippen molar-refractivity contribution in [3.8, 4) is 0 Å². The number of esters is 1. The highest BCUT2D eigenvalue weighted by Crippen LogP contribution is 2.59. The molecule has 0 aromatic heterocycles. The molecule has 3 aliphatic rings. The summed E-state index contributed by atoms with van der Waals surface area (Å²) in [5.74, 6) is 0.957. The third kappa shape index (κ3) is 6.66. The van der Waals surface area contributed by atoms with Crippen molar-refractivity contribution < 1.29 is 24.9 Å². The Kier molecular flexibility index (Phi) is 10.0. The highest BCUT2D eigenvalue weighted by atomic mass is 16.5. The predicted octanol–water partition coefficient (Wildman–Crippen LogP) is 6.05. The normalized spacial score (nSPS) is 34.6. The third-order valence-electron chi connectivity index (χ3n) is 9.53. The van der Waals surface area contributed by atoms with Crippen LogP contribution in [0.2, 0.25) is 0 Å². The van der Waals surface area contributed by atoms with E-state index in [1.807, 2.05) is 0 Å². The molecule has 3 N–H and O–H groups in total. The van der Waals surface area contributed by atoms with Gasteiger partial charge in [-0.05, 0) is 93.1 Å². The van der Waals surface area contributed by atoms with Gasteiger partial charge < -0.3 is 20.1 Å². The lowest BCUT2D eigenvalue weighted by molar-refractivity contribution is -0.158. The Morgan fingerprint density at radius 2 is 1.97 bits per heavy atom. The first-order valence-electron chi connectivity index (χ1n) is 14.4. The summed E-state index contributed by atoms with van der Waals surface area (Å²) < 4.78 is 5.38. The molecule has 5 heteroatoms. The lowest BCUT2D eigenvalue weighted by atomic mass is 9.61. The zero-order valence-electron chi connectivity index (χ0n) is 23.7. The monoisotopic (exact) mass is 514 g/mol. The molecule has 3 rings (SSSR count). The summed E-state index contributed by atoms with van der Waals surface area (Å²) in [7, 11) is 0. The Morgan fingerprint density at radius 1 is 1.24 bits per heavy atom. The van der Waals surface area contributed by atoms with Crippen LogP contribution in [0.5, 0.6) is 0 Å². The van der Waals surface area contributed by atoms with Gasteiger partial charge in [-0.25, -0.2) is 0 Å². The van der Waals surface area contributed by atoms with Crippen molar-refractivity contribution in [3.63, 3.8) is 0 Å². The van der Waals surface area contributed by atoms with Crippen molar-refractivity contribution in [2.45, 2.75) is 111 Å². The molecule has 3 saturated carbocycles. The molecule has 0 heterocycles. The maximum Gasteiger partial charge on any atom is 0.314 e. The minimum Gasteiger partial charge on any atom is -0.465 e. The number of ether oxygens (including phenoxy) is 1. The van der Waals surface area contributed by atoms with E-state index in [4.69, 9.17) is 4.74 Å². The molecule has 37 heavy (non-hydrogen) atoms. The van der Waals surface area contributed by atoms with Crippen molar-refractivity contribution in [2.24, 2.45) is 28.6 Å². The average molecular weight is 515 g/mol. The van der Waals surface area contributed by atoms with E-state index < -0.39 is 23.7 Å². The van der Waals surface area contributed by atoms with Crippen molar-refractivity contribution in [1.29, 1.82) is 0 Å². The van der Waals surface area contributed by atoms with E-state index >= 15 is 0 Å².